The van der Waals surface area contributed by atoms with E-state index in [9.17, 15) is 14.4 Å². The first-order chi connectivity index (χ1) is 16.5. The third kappa shape index (κ3) is 6.74. The minimum atomic E-state index is -0.944. The van der Waals surface area contributed by atoms with Crippen LogP contribution in [0.3, 0.4) is 0 Å². The minimum absolute atomic E-state index is 0.0587. The van der Waals surface area contributed by atoms with E-state index in [0.717, 1.165) is 12.8 Å². The van der Waals surface area contributed by atoms with Gasteiger partial charge in [-0.05, 0) is 46.6 Å². The number of hydrogen-bond acceptors (Lipinski definition) is 7. The molecule has 0 spiro atoms. The Morgan fingerprint density at radius 2 is 1.89 bits per heavy atom. The summed E-state index contributed by atoms with van der Waals surface area (Å²) >= 11 is 0. The van der Waals surface area contributed by atoms with Crippen LogP contribution >= 0.6 is 0 Å². The first kappa shape index (κ1) is 26.1. The van der Waals surface area contributed by atoms with Gasteiger partial charge in [-0.2, -0.15) is 0 Å². The molecule has 35 heavy (non-hydrogen) atoms. The molecule has 1 atom stereocenters. The van der Waals surface area contributed by atoms with Gasteiger partial charge in [0, 0.05) is 36.1 Å². The Hall–Kier alpha value is -3.56. The largest absolute Gasteiger partial charge is 0.493 e. The number of aryl methyl sites for hydroxylation is 1. The van der Waals surface area contributed by atoms with Crippen molar-refractivity contribution in [1.82, 2.24) is 15.4 Å². The Balaban J connectivity index is 1.88. The Bertz CT molecular complexity index is 1070. The zero-order chi connectivity index (χ0) is 25.8. The second kappa shape index (κ2) is 10.8. The highest BCUT2D eigenvalue weighted by Crippen LogP contribution is 2.42. The summed E-state index contributed by atoms with van der Waals surface area (Å²) in [6, 6.07) is 5.81. The predicted molar refractivity (Wildman–Crippen MR) is 129 cm³/mol. The molecule has 1 heterocycles. The number of rotatable bonds is 10. The molecule has 1 fully saturated rings. The van der Waals surface area contributed by atoms with Gasteiger partial charge in [0.05, 0.1) is 14.2 Å². The number of carbonyl (C=O) groups excluding carboxylic acids is 3. The van der Waals surface area contributed by atoms with E-state index in [4.69, 9.17) is 14.0 Å². The van der Waals surface area contributed by atoms with Gasteiger partial charge in [-0.15, -0.1) is 0 Å². The number of anilines is 1. The summed E-state index contributed by atoms with van der Waals surface area (Å²) in [5.74, 6) is 0.728. The molecule has 2 aromatic rings. The number of nitrogens with zero attached hydrogens (tertiary/aromatic N) is 2. The van der Waals surface area contributed by atoms with E-state index in [0.29, 0.717) is 28.6 Å². The molecule has 1 aromatic carbocycles. The van der Waals surface area contributed by atoms with Gasteiger partial charge in [0.2, 0.25) is 17.7 Å². The molecule has 1 aliphatic carbocycles. The number of amides is 3. The third-order valence-corrected chi connectivity index (χ3v) is 5.44. The fourth-order valence-corrected chi connectivity index (χ4v) is 3.87. The van der Waals surface area contributed by atoms with E-state index in [-0.39, 0.29) is 36.6 Å². The van der Waals surface area contributed by atoms with Crippen LogP contribution in [-0.2, 0) is 14.4 Å². The molecule has 3 amide bonds. The predicted octanol–water partition coefficient (Wildman–Crippen LogP) is 3.37. The highest BCUT2D eigenvalue weighted by atomic mass is 16.5. The average Bonchev–Trinajstić information content (AvgIpc) is 3.54. The summed E-state index contributed by atoms with van der Waals surface area (Å²) in [5.41, 5.74) is 0.00588. The summed E-state index contributed by atoms with van der Waals surface area (Å²) in [4.78, 5) is 41.1. The van der Waals surface area contributed by atoms with Crippen LogP contribution in [0.1, 0.15) is 63.8 Å². The van der Waals surface area contributed by atoms with E-state index in [1.807, 2.05) is 20.8 Å². The summed E-state index contributed by atoms with van der Waals surface area (Å²) in [7, 11) is 3.02. The standard InChI is InChI=1S/C25H34N4O6/c1-15-14-19(28-35-15)26-20(30)12-13-21(31)29(16-10-11-16)22(24(32)27-25(2,3)4)17-8-7-9-18(33-5)23(17)34-6/h7-9,14,16,22H,10-13H2,1-6H3,(H,27,32)(H,26,28,30)/t22-/m0/s1. The van der Waals surface area contributed by atoms with Crippen molar-refractivity contribution in [2.75, 3.05) is 19.5 Å². The highest BCUT2D eigenvalue weighted by molar-refractivity contribution is 5.94. The third-order valence-electron chi connectivity index (χ3n) is 5.44. The molecule has 0 aliphatic heterocycles. The van der Waals surface area contributed by atoms with E-state index in [1.165, 1.54) is 14.2 Å². The smallest absolute Gasteiger partial charge is 0.248 e. The Morgan fingerprint density at radius 1 is 1.17 bits per heavy atom. The highest BCUT2D eigenvalue weighted by Gasteiger charge is 2.43. The van der Waals surface area contributed by atoms with Crippen molar-refractivity contribution in [2.24, 2.45) is 0 Å². The van der Waals surface area contributed by atoms with Crippen LogP contribution in [0.2, 0.25) is 0 Å². The molecule has 0 saturated heterocycles. The quantitative estimate of drug-likeness (QED) is 0.528. The van der Waals surface area contributed by atoms with Gasteiger partial charge in [0.15, 0.2) is 17.3 Å². The molecule has 2 N–H and O–H groups in total. The maximum Gasteiger partial charge on any atom is 0.248 e. The lowest BCUT2D eigenvalue weighted by Gasteiger charge is -2.34. The van der Waals surface area contributed by atoms with Crippen molar-refractivity contribution in [3.63, 3.8) is 0 Å². The zero-order valence-electron chi connectivity index (χ0n) is 21.1. The number of carbonyl (C=O) groups is 3. The lowest BCUT2D eigenvalue weighted by atomic mass is 9.99. The van der Waals surface area contributed by atoms with Crippen molar-refractivity contribution in [3.05, 3.63) is 35.6 Å². The molecule has 10 nitrogen and oxygen atoms in total. The number of methoxy groups -OCH3 is 2. The molecular weight excluding hydrogens is 452 g/mol. The monoisotopic (exact) mass is 486 g/mol. The summed E-state index contributed by atoms with van der Waals surface area (Å²) in [5, 5.41) is 9.35. The summed E-state index contributed by atoms with van der Waals surface area (Å²) in [6.07, 6.45) is 1.44. The maximum atomic E-state index is 13.6. The van der Waals surface area contributed by atoms with Crippen LogP contribution in [0, 0.1) is 6.92 Å². The molecule has 3 rings (SSSR count). The normalized spacial score (nSPS) is 14.1. The van der Waals surface area contributed by atoms with Crippen molar-refractivity contribution >= 4 is 23.5 Å². The second-order valence-corrected chi connectivity index (χ2v) is 9.63. The SMILES string of the molecule is COc1cccc([C@@H](C(=O)NC(C)(C)C)N(C(=O)CCC(=O)Nc2cc(C)on2)C2CC2)c1OC. The number of aromatic nitrogens is 1. The van der Waals surface area contributed by atoms with Crippen molar-refractivity contribution in [2.45, 2.75) is 71.0 Å². The lowest BCUT2D eigenvalue weighted by molar-refractivity contribution is -0.142. The number of nitrogens with one attached hydrogen (secondary N) is 2. The fraction of sp³-hybridized carbons (Fsp3) is 0.520. The molecule has 1 aliphatic rings. The topological polar surface area (TPSA) is 123 Å². The van der Waals surface area contributed by atoms with Crippen LogP contribution in [0.4, 0.5) is 5.82 Å². The summed E-state index contributed by atoms with van der Waals surface area (Å²) in [6.45, 7) is 7.35. The maximum absolute atomic E-state index is 13.6. The van der Waals surface area contributed by atoms with Crippen molar-refractivity contribution < 1.29 is 28.4 Å². The number of hydrogen-bond donors (Lipinski definition) is 2. The Kier molecular flexibility index (Phi) is 8.03. The fourth-order valence-electron chi connectivity index (χ4n) is 3.87. The number of ether oxygens (including phenoxy) is 2. The minimum Gasteiger partial charge on any atom is -0.493 e. The average molecular weight is 487 g/mol. The van der Waals surface area contributed by atoms with Gasteiger partial charge >= 0.3 is 0 Å². The number of benzene rings is 1. The Morgan fingerprint density at radius 3 is 2.43 bits per heavy atom. The van der Waals surface area contributed by atoms with E-state index in [1.54, 1.807) is 36.1 Å². The van der Waals surface area contributed by atoms with Gasteiger partial charge in [0.25, 0.3) is 0 Å². The zero-order valence-corrected chi connectivity index (χ0v) is 21.1. The molecule has 1 saturated carbocycles. The molecule has 190 valence electrons. The van der Waals surface area contributed by atoms with Gasteiger partial charge < -0.3 is 29.5 Å². The van der Waals surface area contributed by atoms with Crippen LogP contribution in [-0.4, -0.2) is 53.6 Å². The molecule has 0 bridgehead atoms. The molecule has 0 radical (unpaired) electrons. The van der Waals surface area contributed by atoms with Crippen LogP contribution < -0.4 is 20.1 Å². The van der Waals surface area contributed by atoms with Crippen molar-refractivity contribution in [1.29, 1.82) is 0 Å². The van der Waals surface area contributed by atoms with Gasteiger partial charge in [-0.25, -0.2) is 0 Å². The Labute approximate surface area is 205 Å². The van der Waals surface area contributed by atoms with E-state index in [2.05, 4.69) is 15.8 Å². The first-order valence-electron chi connectivity index (χ1n) is 11.6. The van der Waals surface area contributed by atoms with Crippen LogP contribution in [0.15, 0.2) is 28.8 Å². The van der Waals surface area contributed by atoms with E-state index < -0.39 is 11.6 Å². The van der Waals surface area contributed by atoms with Gasteiger partial charge in [-0.3, -0.25) is 14.4 Å². The lowest BCUT2D eigenvalue weighted by Crippen LogP contribution is -2.50. The molecule has 10 heteroatoms. The molecule has 0 unspecified atom stereocenters. The number of para-hydroxylation sites is 1. The van der Waals surface area contributed by atoms with Crippen LogP contribution in [0.25, 0.3) is 0 Å². The van der Waals surface area contributed by atoms with E-state index >= 15 is 0 Å². The second-order valence-electron chi connectivity index (χ2n) is 9.63. The summed E-state index contributed by atoms with van der Waals surface area (Å²) < 4.78 is 16.0. The van der Waals surface area contributed by atoms with Crippen molar-refractivity contribution in [3.8, 4) is 11.5 Å². The first-order valence-corrected chi connectivity index (χ1v) is 11.6. The molecule has 1 aromatic heterocycles. The molecular formula is C25H34N4O6. The van der Waals surface area contributed by atoms with Gasteiger partial charge in [0.1, 0.15) is 11.8 Å². The van der Waals surface area contributed by atoms with Gasteiger partial charge in [-0.1, -0.05) is 17.3 Å². The van der Waals surface area contributed by atoms with Crippen LogP contribution in [0.5, 0.6) is 11.5 Å².